The average Bonchev–Trinajstić information content (AvgIpc) is 2.55. The van der Waals surface area contributed by atoms with Crippen LogP contribution >= 0.6 is 0 Å². The lowest BCUT2D eigenvalue weighted by atomic mass is 10.1. The molecule has 2 rings (SSSR count). The minimum atomic E-state index is -4.39. The van der Waals surface area contributed by atoms with Gasteiger partial charge in [0.05, 0.1) is 17.4 Å². The van der Waals surface area contributed by atoms with Crippen LogP contribution in [0.15, 0.2) is 42.6 Å². The molecular weight excluding hydrogens is 323 g/mol. The van der Waals surface area contributed by atoms with Gasteiger partial charge in [-0.05, 0) is 30.3 Å². The SMILES string of the molecule is CC(CN)C(=O)Nc1ccc(Oc2ccc(C(F)(F)F)cc2)nc1. The average molecular weight is 339 g/mol. The van der Waals surface area contributed by atoms with Crippen molar-refractivity contribution in [3.8, 4) is 11.6 Å². The van der Waals surface area contributed by atoms with Gasteiger partial charge >= 0.3 is 6.18 Å². The normalized spacial score (nSPS) is 12.5. The van der Waals surface area contributed by atoms with E-state index in [-0.39, 0.29) is 30.0 Å². The van der Waals surface area contributed by atoms with E-state index in [4.69, 9.17) is 10.5 Å². The Kier molecular flexibility index (Phi) is 5.40. The number of aromatic nitrogens is 1. The van der Waals surface area contributed by atoms with E-state index in [2.05, 4.69) is 10.3 Å². The summed E-state index contributed by atoms with van der Waals surface area (Å²) in [6.07, 6.45) is -3.00. The lowest BCUT2D eigenvalue weighted by Gasteiger charge is -2.11. The maximum Gasteiger partial charge on any atom is 0.416 e. The highest BCUT2D eigenvalue weighted by atomic mass is 19.4. The van der Waals surface area contributed by atoms with Crippen LogP contribution in [0.1, 0.15) is 12.5 Å². The van der Waals surface area contributed by atoms with Crippen LogP contribution in [-0.2, 0) is 11.0 Å². The third kappa shape index (κ3) is 4.69. The first kappa shape index (κ1) is 17.7. The molecule has 0 aliphatic carbocycles. The number of nitrogens with two attached hydrogens (primary N) is 1. The molecule has 0 radical (unpaired) electrons. The number of nitrogens with zero attached hydrogens (tertiary/aromatic N) is 1. The van der Waals surface area contributed by atoms with Crippen LogP contribution in [0, 0.1) is 5.92 Å². The Morgan fingerprint density at radius 3 is 2.42 bits per heavy atom. The van der Waals surface area contributed by atoms with Gasteiger partial charge in [0.25, 0.3) is 0 Å². The van der Waals surface area contributed by atoms with Crippen molar-refractivity contribution in [1.29, 1.82) is 0 Å². The number of alkyl halides is 3. The number of ether oxygens (including phenoxy) is 1. The Hall–Kier alpha value is -2.61. The van der Waals surface area contributed by atoms with Gasteiger partial charge < -0.3 is 15.8 Å². The molecule has 0 aliphatic heterocycles. The van der Waals surface area contributed by atoms with E-state index in [0.29, 0.717) is 5.69 Å². The number of rotatable bonds is 5. The first-order chi connectivity index (χ1) is 11.3. The summed E-state index contributed by atoms with van der Waals surface area (Å²) in [5, 5.41) is 2.65. The molecule has 2 aromatic rings. The summed E-state index contributed by atoms with van der Waals surface area (Å²) >= 11 is 0. The number of benzene rings is 1. The molecule has 0 aliphatic rings. The zero-order valence-corrected chi connectivity index (χ0v) is 12.8. The number of halogens is 3. The number of pyridine rings is 1. The molecule has 0 bridgehead atoms. The monoisotopic (exact) mass is 339 g/mol. The molecule has 1 heterocycles. The molecule has 1 aromatic carbocycles. The van der Waals surface area contributed by atoms with E-state index in [9.17, 15) is 18.0 Å². The lowest BCUT2D eigenvalue weighted by Crippen LogP contribution is -2.26. The number of carbonyl (C=O) groups is 1. The van der Waals surface area contributed by atoms with Gasteiger partial charge in [0.15, 0.2) is 0 Å². The van der Waals surface area contributed by atoms with Gasteiger partial charge in [0.2, 0.25) is 11.8 Å². The Labute approximate surface area is 136 Å². The van der Waals surface area contributed by atoms with E-state index < -0.39 is 11.7 Å². The van der Waals surface area contributed by atoms with Gasteiger partial charge in [-0.3, -0.25) is 4.79 Å². The van der Waals surface area contributed by atoms with E-state index in [1.165, 1.54) is 24.4 Å². The van der Waals surface area contributed by atoms with Gasteiger partial charge in [-0.2, -0.15) is 13.2 Å². The zero-order valence-electron chi connectivity index (χ0n) is 12.8. The third-order valence-electron chi connectivity index (χ3n) is 3.21. The molecule has 1 unspecified atom stereocenters. The fraction of sp³-hybridized carbons (Fsp3) is 0.250. The van der Waals surface area contributed by atoms with Crippen LogP contribution in [0.3, 0.4) is 0 Å². The Morgan fingerprint density at radius 2 is 1.92 bits per heavy atom. The predicted octanol–water partition coefficient (Wildman–Crippen LogP) is 3.43. The Balaban J connectivity index is 2.00. The molecular formula is C16H16F3N3O2. The third-order valence-corrected chi connectivity index (χ3v) is 3.21. The van der Waals surface area contributed by atoms with Gasteiger partial charge in [-0.25, -0.2) is 4.98 Å². The van der Waals surface area contributed by atoms with Gasteiger partial charge in [0.1, 0.15) is 5.75 Å². The minimum absolute atomic E-state index is 0.194. The molecule has 3 N–H and O–H groups in total. The first-order valence-electron chi connectivity index (χ1n) is 7.11. The highest BCUT2D eigenvalue weighted by molar-refractivity contribution is 5.92. The van der Waals surface area contributed by atoms with Gasteiger partial charge in [-0.1, -0.05) is 6.92 Å². The topological polar surface area (TPSA) is 77.2 Å². The van der Waals surface area contributed by atoms with E-state index in [1.54, 1.807) is 13.0 Å². The molecule has 1 atom stereocenters. The number of nitrogens with one attached hydrogen (secondary N) is 1. The minimum Gasteiger partial charge on any atom is -0.439 e. The molecule has 1 aromatic heterocycles. The van der Waals surface area contributed by atoms with Crippen molar-refractivity contribution in [3.63, 3.8) is 0 Å². The van der Waals surface area contributed by atoms with E-state index in [0.717, 1.165) is 12.1 Å². The zero-order chi connectivity index (χ0) is 17.7. The van der Waals surface area contributed by atoms with Gasteiger partial charge in [-0.15, -0.1) is 0 Å². The number of anilines is 1. The Morgan fingerprint density at radius 1 is 1.25 bits per heavy atom. The van der Waals surface area contributed by atoms with Crippen LogP contribution in [-0.4, -0.2) is 17.4 Å². The summed E-state index contributed by atoms with van der Waals surface area (Å²) in [6.45, 7) is 1.93. The summed E-state index contributed by atoms with van der Waals surface area (Å²) < 4.78 is 42.8. The maximum atomic E-state index is 12.5. The van der Waals surface area contributed by atoms with Crippen molar-refractivity contribution < 1.29 is 22.7 Å². The summed E-state index contributed by atoms with van der Waals surface area (Å²) in [7, 11) is 0. The predicted molar refractivity (Wildman–Crippen MR) is 82.6 cm³/mol. The van der Waals surface area contributed by atoms with Gasteiger partial charge in [0, 0.05) is 18.5 Å². The summed E-state index contributed by atoms with van der Waals surface area (Å²) in [6, 6.07) is 7.36. The van der Waals surface area contributed by atoms with E-state index in [1.807, 2.05) is 0 Å². The highest BCUT2D eigenvalue weighted by Crippen LogP contribution is 2.31. The molecule has 0 saturated heterocycles. The molecule has 0 fully saturated rings. The fourth-order valence-electron chi connectivity index (χ4n) is 1.72. The van der Waals surface area contributed by atoms with E-state index >= 15 is 0 Å². The van der Waals surface area contributed by atoms with Crippen LogP contribution in [0.2, 0.25) is 0 Å². The summed E-state index contributed by atoms with van der Waals surface area (Å²) in [5.41, 5.74) is 5.12. The molecule has 24 heavy (non-hydrogen) atoms. The quantitative estimate of drug-likeness (QED) is 0.875. The van der Waals surface area contributed by atoms with Crippen LogP contribution < -0.4 is 15.8 Å². The smallest absolute Gasteiger partial charge is 0.416 e. The molecule has 0 saturated carbocycles. The number of amides is 1. The maximum absolute atomic E-state index is 12.5. The van der Waals surface area contributed by atoms with Crippen molar-refractivity contribution >= 4 is 11.6 Å². The van der Waals surface area contributed by atoms with Crippen molar-refractivity contribution in [3.05, 3.63) is 48.2 Å². The summed E-state index contributed by atoms with van der Waals surface area (Å²) in [4.78, 5) is 15.7. The van der Waals surface area contributed by atoms with Crippen molar-refractivity contribution in [2.24, 2.45) is 11.7 Å². The molecule has 1 amide bonds. The molecule has 0 spiro atoms. The number of carbonyl (C=O) groups excluding carboxylic acids is 1. The first-order valence-corrected chi connectivity index (χ1v) is 7.11. The molecule has 5 nitrogen and oxygen atoms in total. The second-order valence-corrected chi connectivity index (χ2v) is 5.14. The van der Waals surface area contributed by atoms with Crippen molar-refractivity contribution in [1.82, 2.24) is 4.98 Å². The molecule has 128 valence electrons. The highest BCUT2D eigenvalue weighted by Gasteiger charge is 2.30. The second-order valence-electron chi connectivity index (χ2n) is 5.14. The molecule has 8 heteroatoms. The standard InChI is InChI=1S/C16H16F3N3O2/c1-10(8-20)15(23)22-12-4-7-14(21-9-12)24-13-5-2-11(3-6-13)16(17,18)19/h2-7,9-10H,8,20H2,1H3,(H,22,23). The van der Waals surface area contributed by atoms with Crippen LogP contribution in [0.4, 0.5) is 18.9 Å². The number of hydrogen-bond acceptors (Lipinski definition) is 4. The van der Waals surface area contributed by atoms with Crippen LogP contribution in [0.5, 0.6) is 11.6 Å². The second kappa shape index (κ2) is 7.31. The van der Waals surface area contributed by atoms with Crippen LogP contribution in [0.25, 0.3) is 0 Å². The van der Waals surface area contributed by atoms with Crippen molar-refractivity contribution in [2.45, 2.75) is 13.1 Å². The summed E-state index contributed by atoms with van der Waals surface area (Å²) in [5.74, 6) is -0.132. The lowest BCUT2D eigenvalue weighted by molar-refractivity contribution is -0.137. The largest absolute Gasteiger partial charge is 0.439 e. The van der Waals surface area contributed by atoms with Crippen molar-refractivity contribution in [2.75, 3.05) is 11.9 Å². The fourth-order valence-corrected chi connectivity index (χ4v) is 1.72. The Bertz CT molecular complexity index is 685. The number of hydrogen-bond donors (Lipinski definition) is 2.